The minimum absolute atomic E-state index is 0.257. The average Bonchev–Trinajstić information content (AvgIpc) is 2.32. The molecular weight excluding hydrogens is 152 g/mol. The van der Waals surface area contributed by atoms with Gasteiger partial charge in [0.05, 0.1) is 5.95 Å². The second-order valence-corrected chi connectivity index (χ2v) is 3.68. The predicted molar refractivity (Wildman–Crippen MR) is 46.1 cm³/mol. The average molecular weight is 165 g/mol. The molecule has 0 amide bonds. The maximum absolute atomic E-state index is 11.3. The molecule has 0 aromatic rings. The molecule has 0 aromatic heterocycles. The van der Waals surface area contributed by atoms with Crippen molar-refractivity contribution in [1.82, 2.24) is 0 Å². The largest absolute Gasteiger partial charge is 0.607 e. The van der Waals surface area contributed by atoms with Crippen LogP contribution in [0.5, 0.6) is 0 Å². The highest BCUT2D eigenvalue weighted by Crippen LogP contribution is 2.16. The van der Waals surface area contributed by atoms with E-state index in [1.165, 1.54) is 0 Å². The van der Waals surface area contributed by atoms with Gasteiger partial charge in [-0.25, -0.2) is 0 Å². The highest BCUT2D eigenvalue weighted by Gasteiger charge is 2.05. The van der Waals surface area contributed by atoms with E-state index in [-0.39, 0.29) is 5.95 Å². The van der Waals surface area contributed by atoms with Crippen LogP contribution in [0.15, 0.2) is 35.8 Å². The molecule has 0 N–H and O–H groups in total. The number of hydrogen-bond acceptors (Lipinski definition) is 2. The van der Waals surface area contributed by atoms with Crippen molar-refractivity contribution in [2.24, 2.45) is 0 Å². The molecule has 2 nitrogen and oxygen atoms in total. The Hall–Kier alpha value is -1.18. The molecule has 0 saturated heterocycles. The van der Waals surface area contributed by atoms with Crippen molar-refractivity contribution >= 4 is 0 Å². The fourth-order valence-electron chi connectivity index (χ4n) is 0.847. The van der Waals surface area contributed by atoms with E-state index >= 15 is 0 Å². The Morgan fingerprint density at radius 1 is 1.25 bits per heavy atom. The van der Waals surface area contributed by atoms with E-state index < -0.39 is 5.60 Å². The molecular formula is C10H13O2-. The molecule has 0 atom stereocenters. The van der Waals surface area contributed by atoms with E-state index in [1.54, 1.807) is 12.2 Å². The minimum atomic E-state index is -0.408. The topological polar surface area (TPSA) is 32.3 Å². The third kappa shape index (κ3) is 2.46. The van der Waals surface area contributed by atoms with Crippen LogP contribution in [0.4, 0.5) is 0 Å². The third-order valence-electron chi connectivity index (χ3n) is 1.30. The van der Waals surface area contributed by atoms with Gasteiger partial charge in [-0.3, -0.25) is 0 Å². The second kappa shape index (κ2) is 3.05. The van der Waals surface area contributed by atoms with E-state index in [0.29, 0.717) is 5.57 Å². The fourth-order valence-corrected chi connectivity index (χ4v) is 0.847. The summed E-state index contributed by atoms with van der Waals surface area (Å²) in [6, 6.07) is 0. The summed E-state index contributed by atoms with van der Waals surface area (Å²) in [6.45, 7) is 5.56. The van der Waals surface area contributed by atoms with Gasteiger partial charge in [0.15, 0.2) is 0 Å². The summed E-state index contributed by atoms with van der Waals surface area (Å²) in [4.78, 5) is 0. The summed E-state index contributed by atoms with van der Waals surface area (Å²) in [6.07, 6.45) is 7.13. The van der Waals surface area contributed by atoms with Crippen LogP contribution in [0, 0.1) is 0 Å². The maximum atomic E-state index is 11.3. The van der Waals surface area contributed by atoms with Crippen molar-refractivity contribution in [1.29, 1.82) is 0 Å². The second-order valence-electron chi connectivity index (χ2n) is 3.68. The Morgan fingerprint density at radius 2 is 1.75 bits per heavy atom. The summed E-state index contributed by atoms with van der Waals surface area (Å²) in [5.74, 6) is -0.257. The third-order valence-corrected chi connectivity index (χ3v) is 1.30. The maximum Gasteiger partial charge on any atom is 0.0592 e. The highest BCUT2D eigenvalue weighted by molar-refractivity contribution is 5.40. The van der Waals surface area contributed by atoms with Crippen LogP contribution in [0.25, 0.3) is 0 Å². The highest BCUT2D eigenvalue weighted by atomic mass is 16.6. The van der Waals surface area contributed by atoms with E-state index in [0.717, 1.165) is 0 Å². The summed E-state index contributed by atoms with van der Waals surface area (Å²) in [5, 5.41) is 11.3. The van der Waals surface area contributed by atoms with Gasteiger partial charge < -0.3 is 9.84 Å². The van der Waals surface area contributed by atoms with Crippen molar-refractivity contribution in [2.45, 2.75) is 26.4 Å². The van der Waals surface area contributed by atoms with Crippen LogP contribution < -0.4 is 5.11 Å². The monoisotopic (exact) mass is 165 g/mol. The van der Waals surface area contributed by atoms with Crippen LogP contribution >= 0.6 is 0 Å². The SMILES string of the molecule is CC(C)(C)OC([O-])=C1C=CC=C1. The van der Waals surface area contributed by atoms with Crippen molar-refractivity contribution < 1.29 is 9.84 Å². The number of rotatable bonds is 1. The Labute approximate surface area is 72.9 Å². The quantitative estimate of drug-likeness (QED) is 0.551. The van der Waals surface area contributed by atoms with Gasteiger partial charge in [-0.1, -0.05) is 45.1 Å². The lowest BCUT2D eigenvalue weighted by Crippen LogP contribution is -2.24. The van der Waals surface area contributed by atoms with E-state index in [4.69, 9.17) is 4.74 Å². The molecule has 0 radical (unpaired) electrons. The van der Waals surface area contributed by atoms with Gasteiger partial charge in [-0.05, 0) is 5.57 Å². The van der Waals surface area contributed by atoms with Gasteiger partial charge in [-0.2, -0.15) is 0 Å². The Balaban J connectivity index is 2.71. The summed E-state index contributed by atoms with van der Waals surface area (Å²) in [5.41, 5.74) is 0.207. The first-order valence-corrected chi connectivity index (χ1v) is 3.94. The minimum Gasteiger partial charge on any atom is -0.607 e. The molecule has 0 fully saturated rings. The first kappa shape index (κ1) is 8.91. The first-order valence-electron chi connectivity index (χ1n) is 3.94. The van der Waals surface area contributed by atoms with Crippen LogP contribution in [0.3, 0.4) is 0 Å². The number of ether oxygens (including phenoxy) is 1. The molecule has 2 heteroatoms. The van der Waals surface area contributed by atoms with Gasteiger partial charge >= 0.3 is 0 Å². The molecule has 1 aliphatic carbocycles. The van der Waals surface area contributed by atoms with Crippen LogP contribution in [0.1, 0.15) is 20.8 Å². The molecule has 1 rings (SSSR count). The van der Waals surface area contributed by atoms with Gasteiger partial charge in [0.25, 0.3) is 0 Å². The Bertz CT molecular complexity index is 238. The van der Waals surface area contributed by atoms with Crippen molar-refractivity contribution in [2.75, 3.05) is 0 Å². The Kier molecular flexibility index (Phi) is 2.27. The van der Waals surface area contributed by atoms with Gasteiger partial charge in [0.2, 0.25) is 0 Å². The van der Waals surface area contributed by atoms with Gasteiger partial charge in [0.1, 0.15) is 0 Å². The summed E-state index contributed by atoms with van der Waals surface area (Å²) in [7, 11) is 0. The van der Waals surface area contributed by atoms with Crippen LogP contribution in [-0.2, 0) is 4.74 Å². The smallest absolute Gasteiger partial charge is 0.0592 e. The zero-order valence-electron chi connectivity index (χ0n) is 7.63. The van der Waals surface area contributed by atoms with E-state index in [9.17, 15) is 5.11 Å². The van der Waals surface area contributed by atoms with Crippen LogP contribution in [-0.4, -0.2) is 5.60 Å². The van der Waals surface area contributed by atoms with E-state index in [1.807, 2.05) is 32.9 Å². The molecule has 1 aliphatic rings. The van der Waals surface area contributed by atoms with Crippen molar-refractivity contribution in [3.05, 3.63) is 35.8 Å². The lowest BCUT2D eigenvalue weighted by molar-refractivity contribution is -0.369. The molecule has 0 unspecified atom stereocenters. The van der Waals surface area contributed by atoms with Crippen LogP contribution in [0.2, 0.25) is 0 Å². The molecule has 0 aliphatic heterocycles. The zero-order valence-corrected chi connectivity index (χ0v) is 7.63. The van der Waals surface area contributed by atoms with Crippen molar-refractivity contribution in [3.63, 3.8) is 0 Å². The number of hydrogen-bond donors (Lipinski definition) is 0. The zero-order chi connectivity index (χ0) is 9.19. The van der Waals surface area contributed by atoms with Gasteiger partial charge in [0, 0.05) is 5.60 Å². The number of allylic oxidation sites excluding steroid dienone is 5. The normalized spacial score (nSPS) is 15.4. The first-order chi connectivity index (χ1) is 5.49. The molecule has 0 heterocycles. The van der Waals surface area contributed by atoms with E-state index in [2.05, 4.69) is 0 Å². The lowest BCUT2D eigenvalue weighted by atomic mass is 10.2. The lowest BCUT2D eigenvalue weighted by Gasteiger charge is -2.31. The van der Waals surface area contributed by atoms with Gasteiger partial charge in [-0.15, -0.1) is 0 Å². The predicted octanol–water partition coefficient (Wildman–Crippen LogP) is 1.50. The Morgan fingerprint density at radius 3 is 2.17 bits per heavy atom. The molecule has 0 bridgehead atoms. The van der Waals surface area contributed by atoms with Crippen molar-refractivity contribution in [3.8, 4) is 0 Å². The fraction of sp³-hybridized carbons (Fsp3) is 0.400. The molecule has 66 valence electrons. The molecule has 0 spiro atoms. The standard InChI is InChI=1S/C10H14O2/c1-10(2,3)12-9(11)8-6-4-5-7-8/h4-7,11H,1-3H3/p-1. The molecule has 12 heavy (non-hydrogen) atoms. The molecule has 0 aromatic carbocycles. The molecule has 0 saturated carbocycles. The summed E-state index contributed by atoms with van der Waals surface area (Å²) < 4.78 is 5.14. The summed E-state index contributed by atoms with van der Waals surface area (Å²) >= 11 is 0.